The van der Waals surface area contributed by atoms with E-state index in [4.69, 9.17) is 5.73 Å². The number of nitrogens with zero attached hydrogens (tertiary/aromatic N) is 1. The Balaban J connectivity index is 3.01. The van der Waals surface area contributed by atoms with Crippen LogP contribution in [0.25, 0.3) is 0 Å². The molecular weight excluding hydrogens is 220 g/mol. The van der Waals surface area contributed by atoms with Crippen molar-refractivity contribution in [3.05, 3.63) is 23.8 Å². The van der Waals surface area contributed by atoms with Crippen LogP contribution >= 0.6 is 0 Å². The highest BCUT2D eigenvalue weighted by molar-refractivity contribution is 5.76. The van der Waals surface area contributed by atoms with Crippen molar-refractivity contribution in [2.75, 3.05) is 13.1 Å². The Morgan fingerprint density at radius 1 is 1.41 bits per heavy atom. The van der Waals surface area contributed by atoms with Gasteiger partial charge in [-0.2, -0.15) is 0 Å². The lowest BCUT2D eigenvalue weighted by molar-refractivity contribution is -0.119. The molecule has 0 spiro atoms. The van der Waals surface area contributed by atoms with Gasteiger partial charge in [0, 0.05) is 6.04 Å². The monoisotopic (exact) mass is 238 g/mol. The third kappa shape index (κ3) is 3.10. The summed E-state index contributed by atoms with van der Waals surface area (Å²) in [6, 6.07) is 4.28. The van der Waals surface area contributed by atoms with Gasteiger partial charge in [0.05, 0.1) is 12.1 Å². The van der Waals surface area contributed by atoms with Crippen molar-refractivity contribution in [3.63, 3.8) is 0 Å². The average Bonchev–Trinajstić information content (AvgIpc) is 2.25. The number of hydrogen-bond acceptors (Lipinski definition) is 4. The van der Waals surface area contributed by atoms with Crippen LogP contribution in [0.4, 0.5) is 0 Å². The molecule has 1 amide bonds. The lowest BCUT2D eigenvalue weighted by atomic mass is 10.0. The molecule has 0 aliphatic carbocycles. The predicted octanol–water partition coefficient (Wildman–Crippen LogP) is 0.966. The Labute approximate surface area is 100 Å². The van der Waals surface area contributed by atoms with Gasteiger partial charge in [-0.1, -0.05) is 13.0 Å². The molecule has 1 unspecified atom stereocenters. The van der Waals surface area contributed by atoms with Crippen LogP contribution in [0.15, 0.2) is 18.2 Å². The van der Waals surface area contributed by atoms with Gasteiger partial charge in [0.1, 0.15) is 11.5 Å². The molecule has 0 saturated carbocycles. The van der Waals surface area contributed by atoms with Crippen molar-refractivity contribution in [1.82, 2.24) is 4.90 Å². The molecule has 17 heavy (non-hydrogen) atoms. The van der Waals surface area contributed by atoms with Crippen LogP contribution in [0, 0.1) is 0 Å². The van der Waals surface area contributed by atoms with Crippen molar-refractivity contribution >= 4 is 5.91 Å². The number of carbonyl (C=O) groups is 1. The second kappa shape index (κ2) is 5.54. The van der Waals surface area contributed by atoms with E-state index in [0.29, 0.717) is 12.1 Å². The third-order valence-corrected chi connectivity index (χ3v) is 2.79. The molecule has 94 valence electrons. The van der Waals surface area contributed by atoms with Crippen LogP contribution in [-0.4, -0.2) is 34.1 Å². The number of phenols is 2. The van der Waals surface area contributed by atoms with Gasteiger partial charge in [0.2, 0.25) is 5.91 Å². The van der Waals surface area contributed by atoms with Crippen LogP contribution in [0.1, 0.15) is 25.5 Å². The molecule has 0 aliphatic rings. The molecule has 1 atom stereocenters. The summed E-state index contributed by atoms with van der Waals surface area (Å²) in [5.41, 5.74) is 5.57. The van der Waals surface area contributed by atoms with E-state index in [9.17, 15) is 15.0 Å². The second-order valence-corrected chi connectivity index (χ2v) is 3.92. The lowest BCUT2D eigenvalue weighted by Gasteiger charge is -2.27. The number of carbonyl (C=O) groups excluding carboxylic acids is 1. The van der Waals surface area contributed by atoms with E-state index in [1.54, 1.807) is 17.9 Å². The number of benzene rings is 1. The van der Waals surface area contributed by atoms with Gasteiger partial charge in [-0.25, -0.2) is 0 Å². The van der Waals surface area contributed by atoms with Gasteiger partial charge in [-0.3, -0.25) is 9.69 Å². The summed E-state index contributed by atoms with van der Waals surface area (Å²) in [6.07, 6.45) is 0. The van der Waals surface area contributed by atoms with Crippen LogP contribution in [0.2, 0.25) is 0 Å². The number of hydrogen-bond donors (Lipinski definition) is 3. The zero-order valence-electron chi connectivity index (χ0n) is 10.1. The summed E-state index contributed by atoms with van der Waals surface area (Å²) in [7, 11) is 0. The standard InChI is InChI=1S/C12H18N2O3/c1-3-14(7-11(13)17)8(2)12-9(15)5-4-6-10(12)16/h4-6,8,15-16H,3,7H2,1-2H3,(H2,13,17). The molecule has 0 saturated heterocycles. The van der Waals surface area contributed by atoms with E-state index in [1.807, 2.05) is 6.92 Å². The molecule has 0 aliphatic heterocycles. The minimum Gasteiger partial charge on any atom is -0.507 e. The quantitative estimate of drug-likeness (QED) is 0.713. The number of nitrogens with two attached hydrogens (primary N) is 1. The fourth-order valence-electron chi connectivity index (χ4n) is 1.87. The van der Waals surface area contributed by atoms with E-state index >= 15 is 0 Å². The van der Waals surface area contributed by atoms with Crippen molar-refractivity contribution < 1.29 is 15.0 Å². The minimum atomic E-state index is -0.436. The lowest BCUT2D eigenvalue weighted by Crippen LogP contribution is -2.35. The van der Waals surface area contributed by atoms with Crippen molar-refractivity contribution in [2.24, 2.45) is 5.73 Å². The Morgan fingerprint density at radius 2 is 1.94 bits per heavy atom. The van der Waals surface area contributed by atoms with Gasteiger partial charge in [0.15, 0.2) is 0 Å². The maximum atomic E-state index is 10.9. The van der Waals surface area contributed by atoms with E-state index in [-0.39, 0.29) is 24.1 Å². The SMILES string of the molecule is CCN(CC(N)=O)C(C)c1c(O)cccc1O. The zero-order valence-corrected chi connectivity index (χ0v) is 10.1. The number of likely N-dealkylation sites (N-methyl/N-ethyl adjacent to an activating group) is 1. The smallest absolute Gasteiger partial charge is 0.231 e. The van der Waals surface area contributed by atoms with E-state index in [2.05, 4.69) is 0 Å². The van der Waals surface area contributed by atoms with Crippen LogP contribution < -0.4 is 5.73 Å². The summed E-state index contributed by atoms with van der Waals surface area (Å²) in [4.78, 5) is 12.7. The number of primary amides is 1. The first-order chi connectivity index (χ1) is 7.97. The summed E-state index contributed by atoms with van der Waals surface area (Å²) in [5, 5.41) is 19.5. The molecular formula is C12H18N2O3. The molecule has 0 fully saturated rings. The highest BCUT2D eigenvalue weighted by Crippen LogP contribution is 2.35. The van der Waals surface area contributed by atoms with Crippen LogP contribution in [0.5, 0.6) is 11.5 Å². The van der Waals surface area contributed by atoms with Crippen LogP contribution in [-0.2, 0) is 4.79 Å². The van der Waals surface area contributed by atoms with Gasteiger partial charge < -0.3 is 15.9 Å². The summed E-state index contributed by atoms with van der Waals surface area (Å²) in [5.74, 6) is -0.408. The molecule has 5 heteroatoms. The van der Waals surface area contributed by atoms with E-state index in [1.165, 1.54) is 12.1 Å². The number of aromatic hydroxyl groups is 2. The molecule has 4 N–H and O–H groups in total. The number of amides is 1. The first-order valence-electron chi connectivity index (χ1n) is 5.50. The van der Waals surface area contributed by atoms with E-state index < -0.39 is 5.91 Å². The second-order valence-electron chi connectivity index (χ2n) is 3.92. The minimum absolute atomic E-state index is 0.0143. The van der Waals surface area contributed by atoms with Gasteiger partial charge in [-0.05, 0) is 25.6 Å². The van der Waals surface area contributed by atoms with Crippen molar-refractivity contribution in [2.45, 2.75) is 19.9 Å². The first kappa shape index (κ1) is 13.3. The molecule has 0 aromatic heterocycles. The largest absolute Gasteiger partial charge is 0.507 e. The Bertz CT molecular complexity index is 386. The Hall–Kier alpha value is -1.75. The fourth-order valence-corrected chi connectivity index (χ4v) is 1.87. The summed E-state index contributed by atoms with van der Waals surface area (Å²) >= 11 is 0. The predicted molar refractivity (Wildman–Crippen MR) is 64.6 cm³/mol. The normalized spacial score (nSPS) is 12.6. The molecule has 0 radical (unpaired) electrons. The number of phenolic OH excluding ortho intramolecular Hbond substituents is 2. The molecule has 1 aromatic carbocycles. The van der Waals surface area contributed by atoms with Gasteiger partial charge >= 0.3 is 0 Å². The Morgan fingerprint density at radius 3 is 2.35 bits per heavy atom. The molecule has 5 nitrogen and oxygen atoms in total. The molecule has 1 aromatic rings. The van der Waals surface area contributed by atoms with Crippen molar-refractivity contribution in [3.8, 4) is 11.5 Å². The maximum Gasteiger partial charge on any atom is 0.231 e. The maximum absolute atomic E-state index is 10.9. The highest BCUT2D eigenvalue weighted by Gasteiger charge is 2.21. The summed E-state index contributed by atoms with van der Waals surface area (Å²) in [6.45, 7) is 4.38. The molecule has 0 heterocycles. The van der Waals surface area contributed by atoms with E-state index in [0.717, 1.165) is 0 Å². The first-order valence-corrected chi connectivity index (χ1v) is 5.50. The topological polar surface area (TPSA) is 86.8 Å². The zero-order chi connectivity index (χ0) is 13.0. The number of rotatable bonds is 5. The average molecular weight is 238 g/mol. The van der Waals surface area contributed by atoms with Crippen LogP contribution in [0.3, 0.4) is 0 Å². The fraction of sp³-hybridized carbons (Fsp3) is 0.417. The van der Waals surface area contributed by atoms with Crippen molar-refractivity contribution in [1.29, 1.82) is 0 Å². The highest BCUT2D eigenvalue weighted by atomic mass is 16.3. The summed E-state index contributed by atoms with van der Waals surface area (Å²) < 4.78 is 0. The third-order valence-electron chi connectivity index (χ3n) is 2.79. The van der Waals surface area contributed by atoms with Gasteiger partial charge in [0.25, 0.3) is 0 Å². The molecule has 1 rings (SSSR count). The van der Waals surface area contributed by atoms with Gasteiger partial charge in [-0.15, -0.1) is 0 Å². The Kier molecular flexibility index (Phi) is 4.34. The molecule has 0 bridgehead atoms.